The maximum absolute atomic E-state index is 12.5. The first-order valence-electron chi connectivity index (χ1n) is 5.78. The Morgan fingerprint density at radius 2 is 1.70 bits per heavy atom. The Bertz CT molecular complexity index is 654. The average Bonchev–Trinajstić information content (AvgIpc) is 2.48. The van der Waals surface area contributed by atoms with Gasteiger partial charge in [-0.3, -0.25) is 4.79 Å². The van der Waals surface area contributed by atoms with Gasteiger partial charge in [0.25, 0.3) is 0 Å². The van der Waals surface area contributed by atoms with E-state index in [1.165, 1.54) is 13.2 Å². The molecule has 2 aromatic carbocycles. The number of halogens is 2. The number of hydrogen-bond acceptors (Lipinski definition) is 3. The SMILES string of the molecule is COc1ccc(C(=O)c2cc(Cl)ccc2Cl)c(OC)c1. The second-order valence-electron chi connectivity index (χ2n) is 4.02. The third-order valence-corrected chi connectivity index (χ3v) is 3.39. The molecular formula is C15H12Cl2O3. The first kappa shape index (κ1) is 14.7. The van der Waals surface area contributed by atoms with Gasteiger partial charge in [-0.05, 0) is 30.3 Å². The van der Waals surface area contributed by atoms with Crippen LogP contribution in [0.25, 0.3) is 0 Å². The van der Waals surface area contributed by atoms with E-state index in [-0.39, 0.29) is 5.78 Å². The van der Waals surface area contributed by atoms with Gasteiger partial charge >= 0.3 is 0 Å². The fourth-order valence-electron chi connectivity index (χ4n) is 1.80. The predicted molar refractivity (Wildman–Crippen MR) is 79.4 cm³/mol. The highest BCUT2D eigenvalue weighted by atomic mass is 35.5. The summed E-state index contributed by atoms with van der Waals surface area (Å²) in [5.74, 6) is 0.776. The normalized spacial score (nSPS) is 10.2. The van der Waals surface area contributed by atoms with Gasteiger partial charge in [0.1, 0.15) is 11.5 Å². The van der Waals surface area contributed by atoms with Gasteiger partial charge in [-0.1, -0.05) is 23.2 Å². The molecule has 2 rings (SSSR count). The third kappa shape index (κ3) is 2.89. The zero-order valence-electron chi connectivity index (χ0n) is 10.9. The highest BCUT2D eigenvalue weighted by Crippen LogP contribution is 2.29. The molecule has 2 aromatic rings. The van der Waals surface area contributed by atoms with Crippen LogP contribution in [0.2, 0.25) is 10.0 Å². The molecule has 0 aliphatic rings. The van der Waals surface area contributed by atoms with E-state index in [0.29, 0.717) is 32.7 Å². The molecule has 0 N–H and O–H groups in total. The van der Waals surface area contributed by atoms with E-state index in [9.17, 15) is 4.79 Å². The average molecular weight is 311 g/mol. The minimum atomic E-state index is -0.253. The summed E-state index contributed by atoms with van der Waals surface area (Å²) in [6, 6.07) is 9.73. The van der Waals surface area contributed by atoms with E-state index < -0.39 is 0 Å². The Balaban J connectivity index is 2.50. The second-order valence-corrected chi connectivity index (χ2v) is 4.86. The number of ether oxygens (including phenoxy) is 2. The molecule has 0 aliphatic heterocycles. The predicted octanol–water partition coefficient (Wildman–Crippen LogP) is 4.24. The van der Waals surface area contributed by atoms with Crippen LogP contribution in [0.5, 0.6) is 11.5 Å². The number of benzene rings is 2. The lowest BCUT2D eigenvalue weighted by atomic mass is 10.0. The molecule has 20 heavy (non-hydrogen) atoms. The van der Waals surface area contributed by atoms with Gasteiger partial charge in [0, 0.05) is 16.7 Å². The van der Waals surface area contributed by atoms with Crippen molar-refractivity contribution in [2.24, 2.45) is 0 Å². The van der Waals surface area contributed by atoms with Crippen LogP contribution in [0.3, 0.4) is 0 Å². The van der Waals surface area contributed by atoms with Crippen molar-refractivity contribution in [2.45, 2.75) is 0 Å². The fraction of sp³-hybridized carbons (Fsp3) is 0.133. The fourth-order valence-corrected chi connectivity index (χ4v) is 2.18. The smallest absolute Gasteiger partial charge is 0.198 e. The van der Waals surface area contributed by atoms with Crippen LogP contribution in [0.4, 0.5) is 0 Å². The third-order valence-electron chi connectivity index (χ3n) is 2.83. The maximum atomic E-state index is 12.5. The number of methoxy groups -OCH3 is 2. The van der Waals surface area contributed by atoms with Crippen molar-refractivity contribution in [3.05, 3.63) is 57.6 Å². The van der Waals surface area contributed by atoms with E-state index in [2.05, 4.69) is 0 Å². The van der Waals surface area contributed by atoms with Crippen molar-refractivity contribution in [1.29, 1.82) is 0 Å². The van der Waals surface area contributed by atoms with Gasteiger partial charge < -0.3 is 9.47 Å². The van der Waals surface area contributed by atoms with Crippen LogP contribution in [0.1, 0.15) is 15.9 Å². The second kappa shape index (κ2) is 6.16. The van der Waals surface area contributed by atoms with Crippen molar-refractivity contribution in [1.82, 2.24) is 0 Å². The lowest BCUT2D eigenvalue weighted by Gasteiger charge is -2.10. The summed E-state index contributed by atoms with van der Waals surface area (Å²) in [4.78, 5) is 12.5. The number of ketones is 1. The monoisotopic (exact) mass is 310 g/mol. The van der Waals surface area contributed by atoms with E-state index in [0.717, 1.165) is 0 Å². The highest BCUT2D eigenvalue weighted by Gasteiger charge is 2.18. The van der Waals surface area contributed by atoms with Crippen LogP contribution < -0.4 is 9.47 Å². The Hall–Kier alpha value is -1.71. The number of hydrogen-bond donors (Lipinski definition) is 0. The molecular weight excluding hydrogens is 299 g/mol. The summed E-state index contributed by atoms with van der Waals surface area (Å²) in [5.41, 5.74) is 0.736. The summed E-state index contributed by atoms with van der Waals surface area (Å²) in [5, 5.41) is 0.794. The molecule has 0 atom stereocenters. The summed E-state index contributed by atoms with van der Waals surface area (Å²) < 4.78 is 10.3. The van der Waals surface area contributed by atoms with Crippen molar-refractivity contribution < 1.29 is 14.3 Å². The summed E-state index contributed by atoms with van der Waals surface area (Å²) >= 11 is 12.0. The molecule has 0 aromatic heterocycles. The molecule has 0 saturated heterocycles. The van der Waals surface area contributed by atoms with Crippen LogP contribution in [-0.2, 0) is 0 Å². The molecule has 0 amide bonds. The molecule has 0 unspecified atom stereocenters. The number of carbonyl (C=O) groups is 1. The van der Waals surface area contributed by atoms with Gasteiger partial charge in [-0.15, -0.1) is 0 Å². The van der Waals surface area contributed by atoms with Crippen molar-refractivity contribution in [2.75, 3.05) is 14.2 Å². The molecule has 0 bridgehead atoms. The zero-order valence-corrected chi connectivity index (χ0v) is 12.5. The van der Waals surface area contributed by atoms with E-state index >= 15 is 0 Å². The maximum Gasteiger partial charge on any atom is 0.198 e. The molecule has 0 fully saturated rings. The Labute approximate surface area is 127 Å². The quantitative estimate of drug-likeness (QED) is 0.792. The molecule has 0 heterocycles. The van der Waals surface area contributed by atoms with Gasteiger partial charge in [-0.25, -0.2) is 0 Å². The Morgan fingerprint density at radius 3 is 2.35 bits per heavy atom. The van der Waals surface area contributed by atoms with E-state index in [1.54, 1.807) is 37.4 Å². The first-order valence-corrected chi connectivity index (χ1v) is 6.54. The molecule has 0 saturated carbocycles. The standard InChI is InChI=1S/C15H12Cl2O3/c1-19-10-4-5-11(14(8-10)20-2)15(18)12-7-9(16)3-6-13(12)17/h3-8H,1-2H3. The van der Waals surface area contributed by atoms with Crippen LogP contribution >= 0.6 is 23.2 Å². The Kier molecular flexibility index (Phi) is 4.53. The van der Waals surface area contributed by atoms with Gasteiger partial charge in [0.15, 0.2) is 5.78 Å². The minimum Gasteiger partial charge on any atom is -0.497 e. The van der Waals surface area contributed by atoms with Crippen molar-refractivity contribution in [3.63, 3.8) is 0 Å². The highest BCUT2D eigenvalue weighted by molar-refractivity contribution is 6.36. The molecule has 3 nitrogen and oxygen atoms in total. The minimum absolute atomic E-state index is 0.253. The zero-order chi connectivity index (χ0) is 14.7. The first-order chi connectivity index (χ1) is 9.56. The van der Waals surface area contributed by atoms with E-state index in [4.69, 9.17) is 32.7 Å². The summed E-state index contributed by atoms with van der Waals surface area (Å²) in [7, 11) is 3.04. The lowest BCUT2D eigenvalue weighted by Crippen LogP contribution is -2.05. The molecule has 5 heteroatoms. The largest absolute Gasteiger partial charge is 0.497 e. The molecule has 0 aliphatic carbocycles. The topological polar surface area (TPSA) is 35.5 Å². The van der Waals surface area contributed by atoms with Crippen LogP contribution in [0.15, 0.2) is 36.4 Å². The van der Waals surface area contributed by atoms with Crippen LogP contribution in [-0.4, -0.2) is 20.0 Å². The van der Waals surface area contributed by atoms with Gasteiger partial charge in [0.2, 0.25) is 0 Å². The van der Waals surface area contributed by atoms with Crippen molar-refractivity contribution >= 4 is 29.0 Å². The number of rotatable bonds is 4. The summed E-state index contributed by atoms with van der Waals surface area (Å²) in [6.07, 6.45) is 0. The molecule has 0 radical (unpaired) electrons. The number of carbonyl (C=O) groups excluding carboxylic acids is 1. The van der Waals surface area contributed by atoms with Crippen LogP contribution in [0, 0.1) is 0 Å². The molecule has 104 valence electrons. The Morgan fingerprint density at radius 1 is 0.950 bits per heavy atom. The molecule has 0 spiro atoms. The summed E-state index contributed by atoms with van der Waals surface area (Å²) in [6.45, 7) is 0. The van der Waals surface area contributed by atoms with E-state index in [1.807, 2.05) is 0 Å². The van der Waals surface area contributed by atoms with Crippen molar-refractivity contribution in [3.8, 4) is 11.5 Å². The van der Waals surface area contributed by atoms with Gasteiger partial charge in [-0.2, -0.15) is 0 Å². The lowest BCUT2D eigenvalue weighted by molar-refractivity contribution is 0.103. The van der Waals surface area contributed by atoms with Gasteiger partial charge in [0.05, 0.1) is 24.8 Å².